The van der Waals surface area contributed by atoms with Gasteiger partial charge in [-0.05, 0) is 38.2 Å². The Morgan fingerprint density at radius 1 is 1.48 bits per heavy atom. The van der Waals surface area contributed by atoms with Crippen LogP contribution in [0.25, 0.3) is 0 Å². The van der Waals surface area contributed by atoms with E-state index in [9.17, 15) is 9.18 Å². The minimum atomic E-state index is -0.435. The van der Waals surface area contributed by atoms with Gasteiger partial charge in [-0.25, -0.2) is 4.39 Å². The molecule has 0 fully saturated rings. The number of likely N-dealkylation sites (N-methyl/N-ethyl adjacent to an activating group) is 1. The maximum absolute atomic E-state index is 13.0. The molecule has 0 radical (unpaired) electrons. The summed E-state index contributed by atoms with van der Waals surface area (Å²) in [7, 11) is 1.84. The number of hydrogen-bond acceptors (Lipinski definition) is 4. The number of nitrogens with zero attached hydrogens (tertiary/aromatic N) is 1. The summed E-state index contributed by atoms with van der Waals surface area (Å²) in [5, 5.41) is 2.70. The van der Waals surface area contributed by atoms with E-state index in [1.165, 1.54) is 18.2 Å². The third-order valence-corrected chi connectivity index (χ3v) is 3.32. The van der Waals surface area contributed by atoms with Crippen LogP contribution in [0, 0.1) is 5.82 Å². The molecule has 1 aromatic heterocycles. The smallest absolute Gasteiger partial charge is 0.241 e. The van der Waals surface area contributed by atoms with Crippen LogP contribution in [-0.4, -0.2) is 23.9 Å². The highest BCUT2D eigenvalue weighted by atomic mass is 19.1. The second kappa shape index (κ2) is 6.41. The minimum absolute atomic E-state index is 0.202. The Bertz CT molecular complexity index is 613. The lowest BCUT2D eigenvalue weighted by molar-refractivity contribution is -0.120. The molecule has 1 atom stereocenters. The zero-order chi connectivity index (χ0) is 15.4. The number of halogens is 1. The van der Waals surface area contributed by atoms with Crippen molar-refractivity contribution >= 4 is 17.3 Å². The monoisotopic (exact) mass is 291 g/mol. The normalized spacial score (nSPS) is 12.4. The van der Waals surface area contributed by atoms with Gasteiger partial charge in [0.1, 0.15) is 5.82 Å². The molecular formula is C15H18FN3O2. The number of rotatable bonds is 5. The lowest BCUT2D eigenvalue weighted by Gasteiger charge is -2.23. The number of anilines is 2. The molecule has 0 aliphatic rings. The summed E-state index contributed by atoms with van der Waals surface area (Å²) in [6.45, 7) is 2.37. The Morgan fingerprint density at radius 3 is 2.86 bits per heavy atom. The van der Waals surface area contributed by atoms with Crippen molar-refractivity contribution in [2.75, 3.05) is 18.1 Å². The lowest BCUT2D eigenvalue weighted by Crippen LogP contribution is -2.39. The third-order valence-electron chi connectivity index (χ3n) is 3.32. The van der Waals surface area contributed by atoms with Crippen molar-refractivity contribution in [1.29, 1.82) is 0 Å². The summed E-state index contributed by atoms with van der Waals surface area (Å²) in [4.78, 5) is 14.1. The molecule has 0 aliphatic carbocycles. The van der Waals surface area contributed by atoms with Crippen LogP contribution in [0.3, 0.4) is 0 Å². The average molecular weight is 291 g/mol. The van der Waals surface area contributed by atoms with Crippen LogP contribution in [0.5, 0.6) is 0 Å². The number of nitrogens with two attached hydrogens (primary N) is 1. The van der Waals surface area contributed by atoms with Crippen LogP contribution in [0.15, 0.2) is 41.2 Å². The van der Waals surface area contributed by atoms with Crippen LogP contribution in [-0.2, 0) is 11.3 Å². The molecule has 3 N–H and O–H groups in total. The fourth-order valence-corrected chi connectivity index (χ4v) is 1.89. The van der Waals surface area contributed by atoms with Crippen LogP contribution in [0.2, 0.25) is 0 Å². The first-order valence-corrected chi connectivity index (χ1v) is 6.54. The van der Waals surface area contributed by atoms with Crippen LogP contribution in [0.4, 0.5) is 15.8 Å². The van der Waals surface area contributed by atoms with E-state index in [2.05, 4.69) is 5.32 Å². The van der Waals surface area contributed by atoms with Gasteiger partial charge in [0.2, 0.25) is 5.91 Å². The van der Waals surface area contributed by atoms with Gasteiger partial charge in [0, 0.05) is 12.1 Å². The topological polar surface area (TPSA) is 71.5 Å². The zero-order valence-corrected chi connectivity index (χ0v) is 12.0. The van der Waals surface area contributed by atoms with E-state index >= 15 is 0 Å². The fourth-order valence-electron chi connectivity index (χ4n) is 1.89. The highest BCUT2D eigenvalue weighted by Crippen LogP contribution is 2.19. The molecule has 1 heterocycles. The number of carbonyl (C=O) groups excluding carboxylic acids is 1. The predicted molar refractivity (Wildman–Crippen MR) is 79.1 cm³/mol. The molecule has 2 rings (SSSR count). The highest BCUT2D eigenvalue weighted by molar-refractivity contribution is 5.97. The molecule has 0 aliphatic heterocycles. The Kier molecular flexibility index (Phi) is 4.59. The van der Waals surface area contributed by atoms with Gasteiger partial charge in [0.05, 0.1) is 29.9 Å². The van der Waals surface area contributed by atoms with Gasteiger partial charge in [-0.2, -0.15) is 0 Å². The first-order valence-electron chi connectivity index (χ1n) is 6.54. The lowest BCUT2D eigenvalue weighted by atomic mass is 10.2. The van der Waals surface area contributed by atoms with Crippen molar-refractivity contribution < 1.29 is 13.6 Å². The van der Waals surface area contributed by atoms with Crippen molar-refractivity contribution in [1.82, 2.24) is 4.90 Å². The standard InChI is InChI=1S/C15H18FN3O2/c1-10(19(2)8-11-5-6-21-9-11)15(20)18-14-4-3-12(16)7-13(14)17/h3-7,9-10H,8,17H2,1-2H3,(H,18,20). The first-order chi connectivity index (χ1) is 9.97. The largest absolute Gasteiger partial charge is 0.472 e. The van der Waals surface area contributed by atoms with Crippen molar-refractivity contribution in [3.05, 3.63) is 48.2 Å². The molecule has 2 aromatic rings. The Hall–Kier alpha value is -2.34. The second-order valence-corrected chi connectivity index (χ2v) is 4.94. The van der Waals surface area contributed by atoms with Crippen molar-refractivity contribution in [2.45, 2.75) is 19.5 Å². The Morgan fingerprint density at radius 2 is 2.24 bits per heavy atom. The molecule has 0 saturated heterocycles. The van der Waals surface area contributed by atoms with E-state index in [1.807, 2.05) is 18.0 Å². The van der Waals surface area contributed by atoms with E-state index < -0.39 is 5.82 Å². The van der Waals surface area contributed by atoms with E-state index in [0.717, 1.165) is 5.56 Å². The van der Waals surface area contributed by atoms with Gasteiger partial charge in [-0.1, -0.05) is 0 Å². The Labute approximate surface area is 122 Å². The van der Waals surface area contributed by atoms with Gasteiger partial charge >= 0.3 is 0 Å². The molecule has 21 heavy (non-hydrogen) atoms. The molecule has 112 valence electrons. The van der Waals surface area contributed by atoms with E-state index in [1.54, 1.807) is 19.5 Å². The SMILES string of the molecule is CC(C(=O)Nc1ccc(F)cc1N)N(C)Cc1ccoc1. The quantitative estimate of drug-likeness (QED) is 0.830. The minimum Gasteiger partial charge on any atom is -0.472 e. The van der Waals surface area contributed by atoms with E-state index in [0.29, 0.717) is 12.2 Å². The summed E-state index contributed by atoms with van der Waals surface area (Å²) >= 11 is 0. The molecule has 1 unspecified atom stereocenters. The van der Waals surface area contributed by atoms with Crippen LogP contribution in [0.1, 0.15) is 12.5 Å². The average Bonchev–Trinajstić information content (AvgIpc) is 2.93. The van der Waals surface area contributed by atoms with Gasteiger partial charge in [-0.15, -0.1) is 0 Å². The van der Waals surface area contributed by atoms with E-state index in [-0.39, 0.29) is 17.6 Å². The maximum Gasteiger partial charge on any atom is 0.241 e. The predicted octanol–water partition coefficient (Wildman–Crippen LogP) is 2.46. The molecule has 0 saturated carbocycles. The molecular weight excluding hydrogens is 273 g/mol. The Balaban J connectivity index is 1.98. The molecule has 1 aromatic carbocycles. The number of hydrogen-bond donors (Lipinski definition) is 2. The van der Waals surface area contributed by atoms with Crippen molar-refractivity contribution in [3.63, 3.8) is 0 Å². The summed E-state index contributed by atoms with van der Waals surface area (Å²) < 4.78 is 18.0. The molecule has 6 heteroatoms. The number of benzene rings is 1. The third kappa shape index (κ3) is 3.82. The zero-order valence-electron chi connectivity index (χ0n) is 12.0. The fraction of sp³-hybridized carbons (Fsp3) is 0.267. The first kappa shape index (κ1) is 15.1. The number of carbonyl (C=O) groups is 1. The van der Waals surface area contributed by atoms with Crippen molar-refractivity contribution in [3.8, 4) is 0 Å². The highest BCUT2D eigenvalue weighted by Gasteiger charge is 2.19. The summed E-state index contributed by atoms with van der Waals surface area (Å²) in [5.74, 6) is -0.644. The van der Waals surface area contributed by atoms with Gasteiger partial charge in [0.25, 0.3) is 0 Å². The molecule has 1 amide bonds. The maximum atomic E-state index is 13.0. The molecule has 5 nitrogen and oxygen atoms in total. The van der Waals surface area contributed by atoms with E-state index in [4.69, 9.17) is 10.2 Å². The molecule has 0 bridgehead atoms. The summed E-state index contributed by atoms with van der Waals surface area (Å²) in [5.41, 5.74) is 7.27. The number of amides is 1. The van der Waals surface area contributed by atoms with Crippen LogP contribution >= 0.6 is 0 Å². The number of furan rings is 1. The summed E-state index contributed by atoms with van der Waals surface area (Å²) in [6.07, 6.45) is 3.23. The summed E-state index contributed by atoms with van der Waals surface area (Å²) in [6, 6.07) is 5.36. The van der Waals surface area contributed by atoms with Crippen LogP contribution < -0.4 is 11.1 Å². The number of nitrogens with one attached hydrogen (secondary N) is 1. The van der Waals surface area contributed by atoms with Gasteiger partial charge < -0.3 is 15.5 Å². The van der Waals surface area contributed by atoms with Gasteiger partial charge in [0.15, 0.2) is 0 Å². The van der Waals surface area contributed by atoms with Crippen molar-refractivity contribution in [2.24, 2.45) is 0 Å². The molecule has 0 spiro atoms. The second-order valence-electron chi connectivity index (χ2n) is 4.94. The number of nitrogen functional groups attached to an aromatic ring is 1. The van der Waals surface area contributed by atoms with Gasteiger partial charge in [-0.3, -0.25) is 9.69 Å².